The predicted octanol–water partition coefficient (Wildman–Crippen LogP) is 5.32. The van der Waals surface area contributed by atoms with Crippen LogP contribution in [0.15, 0.2) is 6.07 Å². The van der Waals surface area contributed by atoms with Gasteiger partial charge in [-0.3, -0.25) is 14.4 Å². The average Bonchev–Trinajstić information content (AvgIpc) is 3.66. The summed E-state index contributed by atoms with van der Waals surface area (Å²) in [6.45, 7) is 3.40. The van der Waals surface area contributed by atoms with Crippen molar-refractivity contribution in [3.05, 3.63) is 56.2 Å². The summed E-state index contributed by atoms with van der Waals surface area (Å²) in [7, 11) is 3.21. The molecule has 0 aliphatic carbocycles. The molecule has 0 radical (unpaired) electrons. The maximum Gasteiger partial charge on any atom is 0.418 e. The fourth-order valence-electron chi connectivity index (χ4n) is 7.94. The predicted molar refractivity (Wildman–Crippen MR) is 181 cm³/mol. The van der Waals surface area contributed by atoms with E-state index in [1.165, 1.54) is 11.8 Å². The summed E-state index contributed by atoms with van der Waals surface area (Å²) in [6, 6.07) is 0.830. The highest BCUT2D eigenvalue weighted by Crippen LogP contribution is 2.45. The topological polar surface area (TPSA) is 115 Å². The van der Waals surface area contributed by atoms with E-state index in [1.54, 1.807) is 18.8 Å². The van der Waals surface area contributed by atoms with Crippen LogP contribution < -0.4 is 15.4 Å². The molecule has 278 valence electrons. The van der Waals surface area contributed by atoms with Crippen LogP contribution in [0.4, 0.5) is 33.5 Å². The molecule has 7 rings (SSSR count). The van der Waals surface area contributed by atoms with E-state index >= 15 is 4.39 Å². The summed E-state index contributed by atoms with van der Waals surface area (Å²) in [6.07, 6.45) is -5.13. The van der Waals surface area contributed by atoms with Crippen LogP contribution in [-0.2, 0) is 37.0 Å². The number of hydrogen-bond acceptors (Lipinski definition) is 9. The Hall–Kier alpha value is -4.20. The van der Waals surface area contributed by atoms with Crippen LogP contribution in [0.3, 0.4) is 0 Å². The number of nitrogens with zero attached hydrogens (tertiary/aromatic N) is 7. The number of nitrogen functional groups attached to an aromatic ring is 1. The molecule has 2 aromatic heterocycles. The number of halogens is 6. The number of hydrogen-bond donors (Lipinski definition) is 1. The Bertz CT molecular complexity index is 1980. The molecule has 0 bridgehead atoms. The highest BCUT2D eigenvalue weighted by atomic mass is 35.5. The van der Waals surface area contributed by atoms with E-state index in [9.17, 15) is 22.4 Å². The number of rotatable bonds is 6. The van der Waals surface area contributed by atoms with Crippen molar-refractivity contribution in [2.45, 2.75) is 82.7 Å². The standard InChI is InChI=1S/C35H38ClF5N8O3/c1-4-7-19-12-22(42)29(38)26(27(19)35(39,40)41)25-13-23-21(17-51-25)31(44-33(43-23)52-18-34-8-5-10-48(34)15-20(37)14-34)47-9-6-11-49-24(16-47)28(36)30(45-49)32(50)46(2)3/h12,20,25H,5-6,8-11,13-18,42H2,1-3H3/t20-,25+,34+/m1/s1. The lowest BCUT2D eigenvalue weighted by molar-refractivity contribution is -0.140. The van der Waals surface area contributed by atoms with Crippen molar-refractivity contribution in [1.82, 2.24) is 29.5 Å². The molecular weight excluding hydrogens is 711 g/mol. The molecule has 2 fully saturated rings. The van der Waals surface area contributed by atoms with Crippen molar-refractivity contribution in [3.8, 4) is 17.9 Å². The molecule has 11 nitrogen and oxygen atoms in total. The first kappa shape index (κ1) is 36.2. The Kier molecular flexibility index (Phi) is 9.50. The summed E-state index contributed by atoms with van der Waals surface area (Å²) in [5, 5.41) is 4.68. The molecule has 17 heteroatoms. The number of aromatic nitrogens is 4. The van der Waals surface area contributed by atoms with Gasteiger partial charge < -0.3 is 25.0 Å². The zero-order valence-corrected chi connectivity index (χ0v) is 29.7. The van der Waals surface area contributed by atoms with Gasteiger partial charge in [0.1, 0.15) is 18.6 Å². The lowest BCUT2D eigenvalue weighted by atomic mass is 9.91. The summed E-state index contributed by atoms with van der Waals surface area (Å²) in [5.74, 6) is 3.66. The van der Waals surface area contributed by atoms with E-state index in [4.69, 9.17) is 31.8 Å². The molecular formula is C35H38ClF5N8O3. The number of nitrogens with two attached hydrogens (primary N) is 1. The number of amides is 1. The quantitative estimate of drug-likeness (QED) is 0.203. The third kappa shape index (κ3) is 6.40. The van der Waals surface area contributed by atoms with Crippen molar-refractivity contribution < 1.29 is 36.2 Å². The molecule has 0 spiro atoms. The van der Waals surface area contributed by atoms with Gasteiger partial charge in [0.25, 0.3) is 5.91 Å². The van der Waals surface area contributed by atoms with Crippen molar-refractivity contribution in [3.63, 3.8) is 0 Å². The largest absolute Gasteiger partial charge is 0.461 e. The van der Waals surface area contributed by atoms with Crippen LogP contribution in [-0.4, -0.2) is 87.5 Å². The van der Waals surface area contributed by atoms with E-state index in [-0.39, 0.29) is 48.8 Å². The Labute approximate surface area is 302 Å². The van der Waals surface area contributed by atoms with Gasteiger partial charge in [0.15, 0.2) is 11.5 Å². The molecule has 4 aliphatic heterocycles. The highest BCUT2D eigenvalue weighted by Gasteiger charge is 2.49. The lowest BCUT2D eigenvalue weighted by Crippen LogP contribution is -2.43. The minimum absolute atomic E-state index is 0.0492. The van der Waals surface area contributed by atoms with Gasteiger partial charge in [-0.25, -0.2) is 8.78 Å². The van der Waals surface area contributed by atoms with E-state index in [1.807, 2.05) is 4.90 Å². The highest BCUT2D eigenvalue weighted by molar-refractivity contribution is 6.34. The Morgan fingerprint density at radius 2 is 2.02 bits per heavy atom. The number of fused-ring (bicyclic) bond motifs is 3. The molecule has 0 unspecified atom stereocenters. The van der Waals surface area contributed by atoms with Gasteiger partial charge in [-0.1, -0.05) is 17.5 Å². The monoisotopic (exact) mass is 748 g/mol. The Morgan fingerprint density at radius 1 is 1.23 bits per heavy atom. The second kappa shape index (κ2) is 13.7. The zero-order chi connectivity index (χ0) is 37.1. The van der Waals surface area contributed by atoms with Crippen LogP contribution in [0.25, 0.3) is 0 Å². The first-order chi connectivity index (χ1) is 24.7. The third-order valence-corrected chi connectivity index (χ3v) is 10.7. The van der Waals surface area contributed by atoms with Crippen molar-refractivity contribution in [2.24, 2.45) is 0 Å². The minimum atomic E-state index is -4.97. The molecule has 3 atom stereocenters. The smallest absolute Gasteiger partial charge is 0.418 e. The van der Waals surface area contributed by atoms with Gasteiger partial charge in [0.2, 0.25) is 0 Å². The van der Waals surface area contributed by atoms with Crippen LogP contribution in [0.2, 0.25) is 5.02 Å². The second-order valence-electron chi connectivity index (χ2n) is 13.9. The van der Waals surface area contributed by atoms with Gasteiger partial charge in [-0.05, 0) is 38.8 Å². The van der Waals surface area contributed by atoms with Crippen LogP contribution in [0, 0.1) is 17.7 Å². The van der Waals surface area contributed by atoms with Crippen molar-refractivity contribution in [2.75, 3.05) is 51.0 Å². The average molecular weight is 749 g/mol. The number of carbonyl (C=O) groups excluding carboxylic acids is 1. The summed E-state index contributed by atoms with van der Waals surface area (Å²) < 4.78 is 88.0. The SMILES string of the molecule is CC#Cc1cc(N)c(F)c([C@@H]2Cc3nc(OC[C@@]45CCCN4C[C@H](F)C5)nc(N4CCCn5nc(C(=O)N(C)C)c(Cl)c5C4)c3CO2)c1C(F)(F)F. The summed E-state index contributed by atoms with van der Waals surface area (Å²) in [4.78, 5) is 27.7. The first-order valence-corrected chi connectivity index (χ1v) is 17.5. The number of alkyl halides is 4. The fourth-order valence-corrected chi connectivity index (χ4v) is 8.22. The first-order valence-electron chi connectivity index (χ1n) is 17.1. The molecule has 1 aromatic carbocycles. The lowest BCUT2D eigenvalue weighted by Gasteiger charge is -2.33. The van der Waals surface area contributed by atoms with Crippen LogP contribution in [0.1, 0.15) is 82.8 Å². The molecule has 4 aliphatic rings. The van der Waals surface area contributed by atoms with Gasteiger partial charge in [0.05, 0.1) is 52.5 Å². The third-order valence-electron chi connectivity index (χ3n) is 10.3. The Morgan fingerprint density at radius 3 is 2.75 bits per heavy atom. The molecule has 0 saturated carbocycles. The van der Waals surface area contributed by atoms with Crippen molar-refractivity contribution >= 4 is 29.0 Å². The zero-order valence-electron chi connectivity index (χ0n) is 28.9. The number of aryl methyl sites for hydroxylation is 1. The number of anilines is 2. The van der Waals surface area contributed by atoms with Gasteiger partial charge in [0, 0.05) is 63.3 Å². The minimum Gasteiger partial charge on any atom is -0.461 e. The maximum atomic E-state index is 15.7. The number of ether oxygens (including phenoxy) is 2. The normalized spacial score (nSPS) is 23.0. The summed E-state index contributed by atoms with van der Waals surface area (Å²) in [5.41, 5.74) is 3.88. The number of carbonyl (C=O) groups is 1. The second-order valence-corrected chi connectivity index (χ2v) is 14.3. The summed E-state index contributed by atoms with van der Waals surface area (Å²) >= 11 is 6.75. The van der Waals surface area contributed by atoms with Crippen molar-refractivity contribution in [1.29, 1.82) is 0 Å². The number of benzene rings is 1. The molecule has 2 saturated heterocycles. The van der Waals surface area contributed by atoms with E-state index in [2.05, 4.69) is 26.8 Å². The van der Waals surface area contributed by atoms with E-state index in [0.29, 0.717) is 55.2 Å². The van der Waals surface area contributed by atoms with Gasteiger partial charge in [-0.15, -0.1) is 5.92 Å². The Balaban J connectivity index is 1.30. The van der Waals surface area contributed by atoms with Gasteiger partial charge >= 0.3 is 12.2 Å². The maximum absolute atomic E-state index is 15.7. The molecule has 6 heterocycles. The van der Waals surface area contributed by atoms with E-state index in [0.717, 1.165) is 25.5 Å². The van der Waals surface area contributed by atoms with Crippen LogP contribution in [0.5, 0.6) is 6.01 Å². The van der Waals surface area contributed by atoms with Gasteiger partial charge in [-0.2, -0.15) is 28.2 Å². The fraction of sp³-hybridized carbons (Fsp3) is 0.543. The molecule has 3 aromatic rings. The molecule has 52 heavy (non-hydrogen) atoms. The van der Waals surface area contributed by atoms with Crippen LogP contribution >= 0.6 is 11.6 Å². The molecule has 1 amide bonds. The van der Waals surface area contributed by atoms with E-state index < -0.39 is 52.2 Å². The molecule has 2 N–H and O–H groups in total.